The van der Waals surface area contributed by atoms with Crippen molar-refractivity contribution in [3.05, 3.63) is 28.0 Å². The van der Waals surface area contributed by atoms with E-state index >= 15 is 0 Å². The highest BCUT2D eigenvalue weighted by atomic mass is 79.9. The number of halogens is 1. The number of nitrogens with two attached hydrogens (primary N) is 1. The lowest BCUT2D eigenvalue weighted by Gasteiger charge is -2.02. The van der Waals surface area contributed by atoms with Gasteiger partial charge in [-0.1, -0.05) is 19.1 Å². The van der Waals surface area contributed by atoms with Gasteiger partial charge in [0.15, 0.2) is 0 Å². The van der Waals surface area contributed by atoms with Crippen molar-refractivity contribution in [1.29, 1.82) is 0 Å². The molecule has 0 saturated carbocycles. The summed E-state index contributed by atoms with van der Waals surface area (Å²) in [5, 5.41) is 8.62. The fourth-order valence-electron chi connectivity index (χ4n) is 1.63. The summed E-state index contributed by atoms with van der Waals surface area (Å²) >= 11 is 8.39. The molecule has 0 radical (unpaired) electrons. The Bertz CT molecular complexity index is 587. The molecule has 0 aliphatic rings. The Balaban J connectivity index is 2.28. The highest BCUT2D eigenvalue weighted by Gasteiger charge is 2.14. The van der Waals surface area contributed by atoms with Crippen LogP contribution in [-0.4, -0.2) is 29.5 Å². The van der Waals surface area contributed by atoms with Crippen LogP contribution in [0.4, 0.5) is 0 Å². The maximum absolute atomic E-state index is 5.47. The van der Waals surface area contributed by atoms with E-state index in [2.05, 4.69) is 38.0 Å². The molecule has 18 heavy (non-hydrogen) atoms. The molecule has 2 heterocycles. The second kappa shape index (κ2) is 5.15. The molecule has 0 unspecified atom stereocenters. The summed E-state index contributed by atoms with van der Waals surface area (Å²) in [6, 6.07) is 0. The molecule has 0 saturated heterocycles. The summed E-state index contributed by atoms with van der Waals surface area (Å²) in [6.07, 6.45) is 2.49. The first kappa shape index (κ1) is 13.2. The predicted molar refractivity (Wildman–Crippen MR) is 75.3 cm³/mol. The average molecular weight is 329 g/mol. The molecule has 8 heteroatoms. The molecular weight excluding hydrogens is 316 g/mol. The van der Waals surface area contributed by atoms with Gasteiger partial charge in [-0.15, -0.1) is 5.10 Å². The number of aryl methyl sites for hydroxylation is 2. The van der Waals surface area contributed by atoms with Gasteiger partial charge in [-0.2, -0.15) is 5.10 Å². The zero-order valence-corrected chi connectivity index (χ0v) is 12.5. The lowest BCUT2D eigenvalue weighted by atomic mass is 10.3. The lowest BCUT2D eigenvalue weighted by molar-refractivity contribution is 0.614. The van der Waals surface area contributed by atoms with Crippen LogP contribution in [0.15, 0.2) is 10.8 Å². The van der Waals surface area contributed by atoms with Crippen molar-refractivity contribution in [2.45, 2.75) is 19.9 Å². The average Bonchev–Trinajstić information content (AvgIpc) is 2.89. The number of thiocarbonyl (C=S) groups is 1. The van der Waals surface area contributed by atoms with Crippen LogP contribution in [0.25, 0.3) is 0 Å². The van der Waals surface area contributed by atoms with Crippen LogP contribution in [0.5, 0.6) is 0 Å². The van der Waals surface area contributed by atoms with Gasteiger partial charge in [0.25, 0.3) is 0 Å². The van der Waals surface area contributed by atoms with Crippen molar-refractivity contribution in [2.75, 3.05) is 0 Å². The van der Waals surface area contributed by atoms with Crippen molar-refractivity contribution in [2.24, 2.45) is 12.8 Å². The third-order valence-corrected chi connectivity index (χ3v) is 3.67. The number of hydrogen-bond acceptors (Lipinski definition) is 4. The number of nitrogens with zero attached hydrogens (tertiary/aromatic N) is 5. The largest absolute Gasteiger partial charge is 0.387 e. The van der Waals surface area contributed by atoms with Crippen molar-refractivity contribution >= 4 is 33.1 Å². The Hall–Kier alpha value is -1.28. The normalized spacial score (nSPS) is 10.8. The Kier molecular flexibility index (Phi) is 3.76. The van der Waals surface area contributed by atoms with Crippen LogP contribution >= 0.6 is 28.1 Å². The van der Waals surface area contributed by atoms with Gasteiger partial charge in [-0.3, -0.25) is 4.68 Å². The third kappa shape index (κ3) is 2.44. The van der Waals surface area contributed by atoms with Gasteiger partial charge in [0.05, 0.1) is 22.4 Å². The van der Waals surface area contributed by atoms with Crippen molar-refractivity contribution in [3.8, 4) is 0 Å². The summed E-state index contributed by atoms with van der Waals surface area (Å²) in [5.41, 5.74) is 7.54. The summed E-state index contributed by atoms with van der Waals surface area (Å²) in [6.45, 7) is 2.64. The molecule has 0 aliphatic heterocycles. The monoisotopic (exact) mass is 328 g/mol. The molecule has 0 aliphatic carbocycles. The van der Waals surface area contributed by atoms with Crippen molar-refractivity contribution in [3.63, 3.8) is 0 Å². The predicted octanol–water partition coefficient (Wildman–Crippen LogP) is 1.02. The quantitative estimate of drug-likeness (QED) is 0.848. The van der Waals surface area contributed by atoms with E-state index in [0.29, 0.717) is 12.4 Å². The fourth-order valence-corrected chi connectivity index (χ4v) is 2.46. The molecule has 0 aromatic carbocycles. The van der Waals surface area contributed by atoms with E-state index in [4.69, 9.17) is 18.0 Å². The molecule has 96 valence electrons. The lowest BCUT2D eigenvalue weighted by Crippen LogP contribution is -2.13. The molecular formula is C10H13BrN6S. The minimum Gasteiger partial charge on any atom is -0.387 e. The second-order valence-corrected chi connectivity index (χ2v) is 5.05. The summed E-state index contributed by atoms with van der Waals surface area (Å²) in [7, 11) is 1.91. The first-order chi connectivity index (χ1) is 8.52. The first-order valence-corrected chi connectivity index (χ1v) is 6.62. The van der Waals surface area contributed by atoms with Gasteiger partial charge in [0, 0.05) is 7.05 Å². The topological polar surface area (TPSA) is 74.5 Å². The van der Waals surface area contributed by atoms with Crippen LogP contribution in [0.2, 0.25) is 0 Å². The zero-order chi connectivity index (χ0) is 13.3. The van der Waals surface area contributed by atoms with E-state index in [-0.39, 0.29) is 4.99 Å². The van der Waals surface area contributed by atoms with Gasteiger partial charge in [-0.05, 0) is 22.4 Å². The summed E-state index contributed by atoms with van der Waals surface area (Å²) < 4.78 is 4.54. The molecule has 6 nitrogen and oxygen atoms in total. The van der Waals surface area contributed by atoms with Crippen LogP contribution in [0.3, 0.4) is 0 Å². The summed E-state index contributed by atoms with van der Waals surface area (Å²) in [4.78, 5) is 4.24. The Morgan fingerprint density at radius 2 is 2.22 bits per heavy atom. The van der Waals surface area contributed by atoms with E-state index in [0.717, 1.165) is 22.3 Å². The first-order valence-electron chi connectivity index (χ1n) is 5.42. The van der Waals surface area contributed by atoms with E-state index in [1.165, 1.54) is 0 Å². The number of hydrogen-bond donors (Lipinski definition) is 1. The van der Waals surface area contributed by atoms with Crippen LogP contribution in [0, 0.1) is 0 Å². The molecule has 2 rings (SSSR count). The SMILES string of the molecule is CCc1nn(C)c(Cn2cnc(C(N)=S)n2)c1Br. The fraction of sp³-hybridized carbons (Fsp3) is 0.400. The highest BCUT2D eigenvalue weighted by Crippen LogP contribution is 2.22. The summed E-state index contributed by atoms with van der Waals surface area (Å²) in [5.74, 6) is 0.388. The standard InChI is InChI=1S/C10H13BrN6S/c1-3-6-8(11)7(16(2)14-6)4-17-5-13-10(15-17)9(12)18/h5H,3-4H2,1-2H3,(H2,12,18). The molecule has 2 aromatic rings. The van der Waals surface area contributed by atoms with Gasteiger partial charge < -0.3 is 5.73 Å². The zero-order valence-electron chi connectivity index (χ0n) is 10.1. The molecule has 0 amide bonds. The second-order valence-electron chi connectivity index (χ2n) is 3.81. The Labute approximate surface area is 118 Å². The minimum absolute atomic E-state index is 0.201. The van der Waals surface area contributed by atoms with Crippen LogP contribution in [0.1, 0.15) is 24.1 Å². The van der Waals surface area contributed by atoms with Crippen LogP contribution in [-0.2, 0) is 20.0 Å². The molecule has 0 bridgehead atoms. The molecule has 0 spiro atoms. The van der Waals surface area contributed by atoms with E-state index in [9.17, 15) is 0 Å². The maximum atomic E-state index is 5.47. The molecule has 0 atom stereocenters. The van der Waals surface area contributed by atoms with E-state index in [1.807, 2.05) is 11.7 Å². The van der Waals surface area contributed by atoms with Gasteiger partial charge in [0.2, 0.25) is 5.82 Å². The number of aromatic nitrogens is 5. The Morgan fingerprint density at radius 1 is 1.50 bits per heavy atom. The smallest absolute Gasteiger partial charge is 0.208 e. The third-order valence-electron chi connectivity index (χ3n) is 2.57. The highest BCUT2D eigenvalue weighted by molar-refractivity contribution is 9.10. The minimum atomic E-state index is 0.201. The van der Waals surface area contributed by atoms with Crippen molar-refractivity contribution in [1.82, 2.24) is 24.5 Å². The molecule has 2 N–H and O–H groups in total. The maximum Gasteiger partial charge on any atom is 0.208 e. The van der Waals surface area contributed by atoms with Gasteiger partial charge in [0.1, 0.15) is 11.3 Å². The van der Waals surface area contributed by atoms with Crippen LogP contribution < -0.4 is 5.73 Å². The van der Waals surface area contributed by atoms with E-state index in [1.54, 1.807) is 11.0 Å². The number of rotatable bonds is 4. The van der Waals surface area contributed by atoms with Crippen molar-refractivity contribution < 1.29 is 0 Å². The van der Waals surface area contributed by atoms with Gasteiger partial charge in [-0.25, -0.2) is 9.67 Å². The van der Waals surface area contributed by atoms with E-state index < -0.39 is 0 Å². The molecule has 2 aromatic heterocycles. The molecule has 0 fully saturated rings. The Morgan fingerprint density at radius 3 is 2.72 bits per heavy atom. The van der Waals surface area contributed by atoms with Gasteiger partial charge >= 0.3 is 0 Å².